The van der Waals surface area contributed by atoms with E-state index in [0.29, 0.717) is 18.5 Å². The Morgan fingerprint density at radius 1 is 1.50 bits per heavy atom. The first-order valence-corrected chi connectivity index (χ1v) is 6.73. The third kappa shape index (κ3) is 2.17. The maximum Gasteiger partial charge on any atom is 0.214 e. The standard InChI is InChI=1S/C10H14N2O3S/c1-11-5-3-9(7-11)10(13)8-12-4-2-6-16(12,14)15/h3,5,7H,2,4,6,8H2,1H3. The highest BCUT2D eigenvalue weighted by molar-refractivity contribution is 7.89. The molecule has 0 aromatic carbocycles. The Balaban J connectivity index is 2.08. The Morgan fingerprint density at radius 2 is 2.25 bits per heavy atom. The maximum atomic E-state index is 11.8. The molecule has 0 radical (unpaired) electrons. The fourth-order valence-corrected chi connectivity index (χ4v) is 3.26. The van der Waals surface area contributed by atoms with Gasteiger partial charge in [-0.05, 0) is 12.5 Å². The van der Waals surface area contributed by atoms with Gasteiger partial charge < -0.3 is 4.57 Å². The van der Waals surface area contributed by atoms with E-state index in [1.165, 1.54) is 4.31 Å². The summed E-state index contributed by atoms with van der Waals surface area (Å²) in [4.78, 5) is 11.8. The van der Waals surface area contributed by atoms with Crippen molar-refractivity contribution in [2.24, 2.45) is 7.05 Å². The molecule has 0 N–H and O–H groups in total. The summed E-state index contributed by atoms with van der Waals surface area (Å²) in [6.45, 7) is 0.424. The Hall–Kier alpha value is -1.14. The van der Waals surface area contributed by atoms with E-state index in [4.69, 9.17) is 0 Å². The summed E-state index contributed by atoms with van der Waals surface area (Å²) < 4.78 is 26.0. The average molecular weight is 242 g/mol. The van der Waals surface area contributed by atoms with Crippen molar-refractivity contribution in [1.29, 1.82) is 0 Å². The second-order valence-electron chi connectivity index (χ2n) is 3.99. The van der Waals surface area contributed by atoms with Crippen molar-refractivity contribution in [2.75, 3.05) is 18.8 Å². The molecular formula is C10H14N2O3S. The third-order valence-electron chi connectivity index (χ3n) is 2.68. The number of ketones is 1. The van der Waals surface area contributed by atoms with Gasteiger partial charge in [0.25, 0.3) is 0 Å². The van der Waals surface area contributed by atoms with Crippen LogP contribution in [0, 0.1) is 0 Å². The fourth-order valence-electron chi connectivity index (χ4n) is 1.79. The molecule has 2 rings (SSSR count). The van der Waals surface area contributed by atoms with Crippen molar-refractivity contribution in [2.45, 2.75) is 6.42 Å². The highest BCUT2D eigenvalue weighted by atomic mass is 32.2. The van der Waals surface area contributed by atoms with Gasteiger partial charge in [0.1, 0.15) is 0 Å². The lowest BCUT2D eigenvalue weighted by Crippen LogP contribution is -2.31. The normalized spacial score (nSPS) is 20.1. The van der Waals surface area contributed by atoms with Crippen LogP contribution in [0.25, 0.3) is 0 Å². The molecule has 0 spiro atoms. The second kappa shape index (κ2) is 4.03. The van der Waals surface area contributed by atoms with Crippen molar-refractivity contribution in [1.82, 2.24) is 8.87 Å². The summed E-state index contributed by atoms with van der Waals surface area (Å²) in [5.74, 6) is 0.0146. The van der Waals surface area contributed by atoms with Gasteiger partial charge in [-0.1, -0.05) is 0 Å². The van der Waals surface area contributed by atoms with E-state index >= 15 is 0 Å². The van der Waals surface area contributed by atoms with Crippen LogP contribution in [0.15, 0.2) is 18.5 Å². The van der Waals surface area contributed by atoms with Crippen molar-refractivity contribution < 1.29 is 13.2 Å². The lowest BCUT2D eigenvalue weighted by atomic mass is 10.2. The zero-order valence-electron chi connectivity index (χ0n) is 9.09. The molecule has 1 aliphatic heterocycles. The van der Waals surface area contributed by atoms with Gasteiger partial charge in [-0.25, -0.2) is 8.42 Å². The number of hydrogen-bond acceptors (Lipinski definition) is 3. The molecule has 1 aromatic rings. The number of sulfonamides is 1. The van der Waals surface area contributed by atoms with Gasteiger partial charge >= 0.3 is 0 Å². The Bertz CT molecular complexity index is 504. The van der Waals surface area contributed by atoms with Crippen LogP contribution in [0.4, 0.5) is 0 Å². The molecule has 0 saturated carbocycles. The molecular weight excluding hydrogens is 228 g/mol. The number of aryl methyl sites for hydroxylation is 1. The molecule has 1 aliphatic rings. The molecule has 16 heavy (non-hydrogen) atoms. The summed E-state index contributed by atoms with van der Waals surface area (Å²) in [7, 11) is -1.35. The molecule has 0 bridgehead atoms. The first kappa shape index (κ1) is 11.3. The molecule has 5 nitrogen and oxygen atoms in total. The topological polar surface area (TPSA) is 59.4 Å². The van der Waals surface area contributed by atoms with Gasteiger partial charge in [0.2, 0.25) is 10.0 Å². The molecule has 1 saturated heterocycles. The molecule has 0 unspecified atom stereocenters. The van der Waals surface area contributed by atoms with Crippen LogP contribution in [-0.2, 0) is 17.1 Å². The molecule has 2 heterocycles. The van der Waals surface area contributed by atoms with Crippen LogP contribution in [0.1, 0.15) is 16.8 Å². The van der Waals surface area contributed by atoms with Crippen LogP contribution in [0.2, 0.25) is 0 Å². The van der Waals surface area contributed by atoms with E-state index in [1.54, 1.807) is 23.0 Å². The lowest BCUT2D eigenvalue weighted by molar-refractivity contribution is 0.0969. The average Bonchev–Trinajstić information content (AvgIpc) is 2.74. The van der Waals surface area contributed by atoms with E-state index < -0.39 is 10.0 Å². The summed E-state index contributed by atoms with van der Waals surface area (Å²) >= 11 is 0. The van der Waals surface area contributed by atoms with E-state index in [9.17, 15) is 13.2 Å². The predicted octanol–water partition coefficient (Wildman–Crippen LogP) is 0.243. The van der Waals surface area contributed by atoms with E-state index in [0.717, 1.165) is 0 Å². The SMILES string of the molecule is Cn1ccc(C(=O)CN2CCCS2(=O)=O)c1. The Morgan fingerprint density at radius 3 is 2.75 bits per heavy atom. The van der Waals surface area contributed by atoms with Crippen LogP contribution in [-0.4, -0.2) is 41.9 Å². The number of hydrogen-bond donors (Lipinski definition) is 0. The number of carbonyl (C=O) groups excluding carboxylic acids is 1. The van der Waals surface area contributed by atoms with Crippen molar-refractivity contribution >= 4 is 15.8 Å². The Kier molecular flexibility index (Phi) is 2.86. The van der Waals surface area contributed by atoms with Crippen LogP contribution < -0.4 is 0 Å². The molecule has 0 atom stereocenters. The predicted molar refractivity (Wildman–Crippen MR) is 59.7 cm³/mol. The van der Waals surface area contributed by atoms with Crippen molar-refractivity contribution in [3.63, 3.8) is 0 Å². The van der Waals surface area contributed by atoms with Gasteiger partial charge in [-0.2, -0.15) is 4.31 Å². The van der Waals surface area contributed by atoms with Gasteiger partial charge in [-0.3, -0.25) is 4.79 Å². The maximum absolute atomic E-state index is 11.8. The fraction of sp³-hybridized carbons (Fsp3) is 0.500. The highest BCUT2D eigenvalue weighted by Crippen LogP contribution is 2.14. The van der Waals surface area contributed by atoms with Gasteiger partial charge in [-0.15, -0.1) is 0 Å². The molecule has 88 valence electrons. The number of nitrogens with zero attached hydrogens (tertiary/aromatic N) is 2. The molecule has 0 aliphatic carbocycles. The monoisotopic (exact) mass is 242 g/mol. The molecule has 6 heteroatoms. The van der Waals surface area contributed by atoms with E-state index in [1.807, 2.05) is 7.05 Å². The van der Waals surface area contributed by atoms with Crippen molar-refractivity contribution in [3.8, 4) is 0 Å². The third-order valence-corrected chi connectivity index (χ3v) is 4.58. The zero-order valence-corrected chi connectivity index (χ0v) is 9.90. The molecule has 0 amide bonds. The van der Waals surface area contributed by atoms with Gasteiger partial charge in [0, 0.05) is 31.5 Å². The largest absolute Gasteiger partial charge is 0.357 e. The van der Waals surface area contributed by atoms with Gasteiger partial charge in [0.15, 0.2) is 5.78 Å². The minimum Gasteiger partial charge on any atom is -0.357 e. The van der Waals surface area contributed by atoms with Crippen LogP contribution in [0.5, 0.6) is 0 Å². The number of aromatic nitrogens is 1. The van der Waals surface area contributed by atoms with E-state index in [-0.39, 0.29) is 18.1 Å². The van der Waals surface area contributed by atoms with Crippen LogP contribution in [0.3, 0.4) is 0 Å². The smallest absolute Gasteiger partial charge is 0.214 e. The first-order valence-electron chi connectivity index (χ1n) is 5.12. The second-order valence-corrected chi connectivity index (χ2v) is 6.08. The minimum absolute atomic E-state index is 0.0354. The summed E-state index contributed by atoms with van der Waals surface area (Å²) in [5.41, 5.74) is 0.560. The van der Waals surface area contributed by atoms with Crippen molar-refractivity contribution in [3.05, 3.63) is 24.0 Å². The summed E-state index contributed by atoms with van der Waals surface area (Å²) in [6, 6.07) is 1.70. The molecule has 1 aromatic heterocycles. The summed E-state index contributed by atoms with van der Waals surface area (Å²) in [5, 5.41) is 0. The van der Waals surface area contributed by atoms with Gasteiger partial charge in [0.05, 0.1) is 12.3 Å². The number of rotatable bonds is 3. The molecule has 1 fully saturated rings. The minimum atomic E-state index is -3.18. The van der Waals surface area contributed by atoms with Crippen LogP contribution >= 0.6 is 0 Å². The lowest BCUT2D eigenvalue weighted by Gasteiger charge is -2.12. The Labute approximate surface area is 94.7 Å². The summed E-state index contributed by atoms with van der Waals surface area (Å²) in [6.07, 6.45) is 4.08. The quantitative estimate of drug-likeness (QED) is 0.714. The zero-order chi connectivity index (χ0) is 11.8. The van der Waals surface area contributed by atoms with E-state index in [2.05, 4.69) is 0 Å². The highest BCUT2D eigenvalue weighted by Gasteiger charge is 2.30. The number of carbonyl (C=O) groups is 1. The number of Topliss-reactive ketones (excluding diaryl/α,β-unsaturated/α-hetero) is 1. The first-order chi connectivity index (χ1) is 7.49.